The fraction of sp³-hybridized carbons (Fsp3) is 0.293. The van der Waals surface area contributed by atoms with E-state index in [1.807, 2.05) is 78.8 Å². The average molecular weight is 1430 g/mol. The van der Waals surface area contributed by atoms with E-state index in [-0.39, 0.29) is 86.2 Å². The van der Waals surface area contributed by atoms with Gasteiger partial charge in [0.1, 0.15) is 48.8 Å². The second-order valence-corrected chi connectivity index (χ2v) is 30.1. The Kier molecular flexibility index (Phi) is 28.1. The maximum absolute atomic E-state index is 14.1. The summed E-state index contributed by atoms with van der Waals surface area (Å²) in [5.74, 6) is 4.20. The maximum atomic E-state index is 14.1. The number of halogens is 8. The van der Waals surface area contributed by atoms with E-state index in [9.17, 15) is 41.0 Å². The van der Waals surface area contributed by atoms with Crippen molar-refractivity contribution < 1.29 is 78.9 Å². The molecule has 1 unspecified atom stereocenters. The van der Waals surface area contributed by atoms with Crippen molar-refractivity contribution in [2.24, 2.45) is 0 Å². The quantitative estimate of drug-likeness (QED) is 0.0450. The molecule has 2 aliphatic carbocycles. The first kappa shape index (κ1) is 75.7. The number of benzene rings is 8. The van der Waals surface area contributed by atoms with Gasteiger partial charge in [-0.3, -0.25) is 9.59 Å². The average Bonchev–Trinajstić information content (AvgIpc) is 2.29. The van der Waals surface area contributed by atoms with Gasteiger partial charge in [-0.2, -0.15) is 12.8 Å². The van der Waals surface area contributed by atoms with Gasteiger partial charge in [0.05, 0.1) is 18.3 Å². The number of Topliss-reactive ketones (excluding diaryl/α,β-unsaturated/α-hetero) is 1. The molecule has 8 aromatic rings. The zero-order valence-corrected chi connectivity index (χ0v) is 60.5. The molecule has 2 N–H and O–H groups in total. The summed E-state index contributed by atoms with van der Waals surface area (Å²) in [7, 11) is -1.52. The summed E-state index contributed by atoms with van der Waals surface area (Å²) in [6.07, 6.45) is 11.9. The number of aryl methyl sites for hydroxylation is 6. The molecular formula is C75H77Br2F6O4SiY-. The van der Waals surface area contributed by atoms with Crippen molar-refractivity contribution in [3.8, 4) is 23.8 Å². The molecule has 89 heavy (non-hydrogen) atoms. The van der Waals surface area contributed by atoms with E-state index >= 15 is 0 Å². The molecule has 14 heteroatoms. The number of carbonyl (C=O) groups is 2. The largest absolute Gasteiger partial charge is 0.392 e. The molecule has 0 spiro atoms. The minimum Gasteiger partial charge on any atom is -0.392 e. The van der Waals surface area contributed by atoms with E-state index in [0.717, 1.165) is 89.1 Å². The molecule has 0 aliphatic heterocycles. The second kappa shape index (κ2) is 33.0. The predicted octanol–water partition coefficient (Wildman–Crippen LogP) is 19.1. The van der Waals surface area contributed by atoms with Crippen LogP contribution in [0.15, 0.2) is 88.3 Å². The number of aliphatic hydroxyl groups is 2. The Morgan fingerprint density at radius 3 is 1.58 bits per heavy atom. The Morgan fingerprint density at radius 2 is 1.08 bits per heavy atom. The van der Waals surface area contributed by atoms with Crippen LogP contribution < -0.4 is 0 Å². The summed E-state index contributed by atoms with van der Waals surface area (Å²) < 4.78 is 83.7. The summed E-state index contributed by atoms with van der Waals surface area (Å²) in [6.45, 7) is 31.3. The third-order valence-electron chi connectivity index (χ3n) is 16.2. The first-order valence-corrected chi connectivity index (χ1v) is 33.8. The van der Waals surface area contributed by atoms with Crippen LogP contribution in [-0.2, 0) is 76.2 Å². The molecule has 1 radical (unpaired) electrons. The number of aldehydes is 1. The molecule has 0 saturated carbocycles. The summed E-state index contributed by atoms with van der Waals surface area (Å²) in [5.41, 5.74) is 19.1. The molecule has 465 valence electrons. The van der Waals surface area contributed by atoms with Crippen LogP contribution in [0.1, 0.15) is 122 Å². The molecule has 10 rings (SSSR count). The topological polar surface area (TPSA) is 74.6 Å². The van der Waals surface area contributed by atoms with Gasteiger partial charge in [-0.25, -0.2) is 26.3 Å². The molecule has 0 saturated heterocycles. The van der Waals surface area contributed by atoms with Crippen LogP contribution in [0.3, 0.4) is 0 Å². The minimum atomic E-state index is -1.52. The van der Waals surface area contributed by atoms with Crippen molar-refractivity contribution in [2.45, 2.75) is 148 Å². The number of fused-ring (bicyclic) bond motifs is 6. The zero-order chi connectivity index (χ0) is 66.0. The molecule has 0 bridgehead atoms. The van der Waals surface area contributed by atoms with Gasteiger partial charge in [0.15, 0.2) is 6.29 Å². The van der Waals surface area contributed by atoms with Gasteiger partial charge in [-0.05, 0) is 202 Å². The summed E-state index contributed by atoms with van der Waals surface area (Å²) in [4.78, 5) is 22.4. The minimum absolute atomic E-state index is 0. The monoisotopic (exact) mass is 1430 g/mol. The van der Waals surface area contributed by atoms with Crippen molar-refractivity contribution in [2.75, 3.05) is 0 Å². The number of hydrogen-bond donors (Lipinski definition) is 2. The summed E-state index contributed by atoms with van der Waals surface area (Å²) >= 11 is 6.40. The Labute approximate surface area is 565 Å². The Morgan fingerprint density at radius 1 is 0.607 bits per heavy atom. The van der Waals surface area contributed by atoms with E-state index in [0.29, 0.717) is 73.5 Å². The summed E-state index contributed by atoms with van der Waals surface area (Å²) in [6, 6.07) is 20.6. The molecule has 4 nitrogen and oxygen atoms in total. The fourth-order valence-electron chi connectivity index (χ4n) is 9.91. The number of terminal acetylenes is 1. The first-order chi connectivity index (χ1) is 41.2. The molecule has 8 aromatic carbocycles. The SMILES string of the molecule is C#Cc1cc(C)c(C)c(F)c1CC(O)C=C.Cc1cc(Br)c(CO)c(F)c1C.Cc1cc(Br)cc(F)c1C.Cc1cc(C#C[Si](C)(C)C)c(C=O)c(F)c1C.Cc1cc2c3c(ccc2c(F)c1C)CC(=O)C3.Cc1cc2c3c(ccc2c(F)c1C)C[CH-]C3.[Y]. The molecule has 0 heterocycles. The number of ketones is 1. The predicted molar refractivity (Wildman–Crippen MR) is 359 cm³/mol. The zero-order valence-electron chi connectivity index (χ0n) is 53.5. The van der Waals surface area contributed by atoms with E-state index in [2.05, 4.69) is 94.0 Å². The van der Waals surface area contributed by atoms with Crippen LogP contribution in [0.25, 0.3) is 21.5 Å². The Hall–Kier alpha value is -5.74. The molecule has 2 aliphatic rings. The fourth-order valence-corrected chi connectivity index (χ4v) is 11.6. The van der Waals surface area contributed by atoms with Crippen molar-refractivity contribution in [1.82, 2.24) is 0 Å². The maximum Gasteiger partial charge on any atom is 0.154 e. The van der Waals surface area contributed by atoms with Gasteiger partial charge in [-0.1, -0.05) is 117 Å². The molecular weight excluding hydrogens is 1360 g/mol. The third-order valence-corrected chi connectivity index (χ3v) is 18.2. The normalized spacial score (nSPS) is 12.1. The number of aliphatic hydroxyl groups excluding tert-OH is 2. The summed E-state index contributed by atoms with van der Waals surface area (Å²) in [5, 5.41) is 21.7. The van der Waals surface area contributed by atoms with Gasteiger partial charge < -0.3 is 16.6 Å². The van der Waals surface area contributed by atoms with E-state index in [1.165, 1.54) is 23.3 Å². The van der Waals surface area contributed by atoms with Gasteiger partial charge in [0.25, 0.3) is 0 Å². The van der Waals surface area contributed by atoms with Gasteiger partial charge in [0, 0.05) is 93.9 Å². The van der Waals surface area contributed by atoms with E-state index in [4.69, 9.17) is 11.5 Å². The molecule has 0 fully saturated rings. The third kappa shape index (κ3) is 18.7. The van der Waals surface area contributed by atoms with Gasteiger partial charge in [0.2, 0.25) is 0 Å². The number of rotatable bonds is 5. The van der Waals surface area contributed by atoms with Crippen molar-refractivity contribution in [1.29, 1.82) is 0 Å². The van der Waals surface area contributed by atoms with Crippen LogP contribution in [0, 0.1) is 148 Å². The van der Waals surface area contributed by atoms with Crippen LogP contribution in [0.5, 0.6) is 0 Å². The van der Waals surface area contributed by atoms with Crippen molar-refractivity contribution in [3.63, 3.8) is 0 Å². The number of carbonyl (C=O) groups excluding carboxylic acids is 2. The smallest absolute Gasteiger partial charge is 0.154 e. The Balaban J connectivity index is 0.000000230. The standard InChI is InChI=1S/C15H13FO.C15H14F.C14H17FOSi.C14H15FO.C9H10BrFO.C8H8BrF.Y/c1-8-5-14-12(15(16)9(8)2)4-3-10-6-11(17)7-13(10)14;1-9-8-14-12-5-3-4-11(12)6-7-13(14)15(16)10(9)2;1-10-8-12(6-7-17(3,4)5)13(9-16)14(15)11(10)2;1-5-11-7-9(3)10(4)14(15)13(11)8-12(16)6-2;1-5-3-8(10)7(4-12)9(11)6(5)2;1-5-3-7(9)4-8(10)6(5)2;/h3-5H,6-7H2,1-2H3;3,6-8H,4-5H2,1-2H3;8-9H,1-5H3;1,6-7,12,16H,2,8H2,3-4H3;3,12H,4H2,1-2H3;3-4H,1-2H3;/q;-1;;;;;. The van der Waals surface area contributed by atoms with E-state index < -0.39 is 20.0 Å². The molecule has 1 atom stereocenters. The van der Waals surface area contributed by atoms with Gasteiger partial charge >= 0.3 is 0 Å². The Bertz CT molecular complexity index is 4110. The van der Waals surface area contributed by atoms with Crippen molar-refractivity contribution in [3.05, 3.63) is 246 Å². The van der Waals surface area contributed by atoms with Crippen LogP contribution in [0.2, 0.25) is 19.6 Å². The van der Waals surface area contributed by atoms with Crippen LogP contribution in [0.4, 0.5) is 26.3 Å². The second-order valence-electron chi connectivity index (χ2n) is 23.6. The van der Waals surface area contributed by atoms with Crippen LogP contribution >= 0.6 is 31.9 Å². The van der Waals surface area contributed by atoms with Crippen LogP contribution in [-0.4, -0.2) is 36.5 Å². The van der Waals surface area contributed by atoms with Gasteiger partial charge in [-0.15, -0.1) is 18.5 Å². The van der Waals surface area contributed by atoms with Crippen molar-refractivity contribution >= 4 is 73.5 Å². The number of hydrogen-bond acceptors (Lipinski definition) is 4. The molecule has 0 amide bonds. The first-order valence-electron chi connectivity index (χ1n) is 28.8. The molecule has 0 aromatic heterocycles. The van der Waals surface area contributed by atoms with E-state index in [1.54, 1.807) is 52.8 Å².